The molecule has 1 amide bonds. The maximum Gasteiger partial charge on any atom is 0.268 e. The Bertz CT molecular complexity index is 1160. The van der Waals surface area contributed by atoms with Crippen molar-refractivity contribution in [2.24, 2.45) is 5.10 Å². The second kappa shape index (κ2) is 6.40. The summed E-state index contributed by atoms with van der Waals surface area (Å²) >= 11 is 4.99. The number of rotatable bonds is 4. The Hall–Kier alpha value is -3.40. The lowest BCUT2D eigenvalue weighted by molar-refractivity contribution is -0.124. The van der Waals surface area contributed by atoms with Crippen LogP contribution in [0.15, 0.2) is 37.1 Å². The van der Waals surface area contributed by atoms with Crippen molar-refractivity contribution in [3.8, 4) is 11.5 Å². The molecule has 27 heavy (non-hydrogen) atoms. The van der Waals surface area contributed by atoms with Crippen molar-refractivity contribution in [3.05, 3.63) is 34.4 Å². The van der Waals surface area contributed by atoms with Crippen LogP contribution in [0.4, 0.5) is 0 Å². The number of hydrogen-bond donors (Lipinski definition) is 1. The van der Waals surface area contributed by atoms with Crippen LogP contribution in [-0.2, 0) is 4.79 Å². The number of benzene rings is 1. The van der Waals surface area contributed by atoms with Gasteiger partial charge in [0.25, 0.3) is 5.91 Å². The molecule has 1 N–H and O–H groups in total. The Morgan fingerprint density at radius 2 is 2.04 bits per heavy atom. The average Bonchev–Trinajstić information content (AvgIpc) is 3.25. The van der Waals surface area contributed by atoms with Crippen LogP contribution in [0.25, 0.3) is 21.9 Å². The summed E-state index contributed by atoms with van der Waals surface area (Å²) in [5.41, 5.74) is 0.183. The molecule has 9 nitrogen and oxygen atoms in total. The molecular weight excluding hydrogens is 374 g/mol. The quantitative estimate of drug-likeness (QED) is 0.532. The lowest BCUT2D eigenvalue weighted by Gasteiger charge is -2.11. The van der Waals surface area contributed by atoms with Gasteiger partial charge >= 0.3 is 0 Å². The molecule has 1 saturated heterocycles. The second-order valence-corrected chi connectivity index (χ2v) is 5.94. The summed E-state index contributed by atoms with van der Waals surface area (Å²) < 4.78 is 22.1. The predicted octanol–water partition coefficient (Wildman–Crippen LogP) is 1.61. The van der Waals surface area contributed by atoms with Crippen molar-refractivity contribution in [2.45, 2.75) is 0 Å². The molecule has 3 aromatic rings. The van der Waals surface area contributed by atoms with E-state index in [1.54, 1.807) is 6.07 Å². The van der Waals surface area contributed by atoms with Crippen molar-refractivity contribution in [1.29, 1.82) is 0 Å². The zero-order valence-electron chi connectivity index (χ0n) is 14.3. The van der Waals surface area contributed by atoms with Crippen molar-refractivity contribution in [1.82, 2.24) is 10.3 Å². The van der Waals surface area contributed by atoms with E-state index < -0.39 is 0 Å². The summed E-state index contributed by atoms with van der Waals surface area (Å²) in [6.07, 6.45) is 2.70. The van der Waals surface area contributed by atoms with E-state index in [9.17, 15) is 9.59 Å². The van der Waals surface area contributed by atoms with Gasteiger partial charge in [-0.3, -0.25) is 9.59 Å². The van der Waals surface area contributed by atoms with Crippen molar-refractivity contribution in [3.63, 3.8) is 0 Å². The van der Waals surface area contributed by atoms with E-state index in [4.69, 9.17) is 30.5 Å². The highest BCUT2D eigenvalue weighted by molar-refractivity contribution is 7.80. The predicted molar refractivity (Wildman–Crippen MR) is 100 cm³/mol. The first-order valence-electron chi connectivity index (χ1n) is 7.79. The Balaban J connectivity index is 1.93. The number of nitrogens with zero attached hydrogens (tertiary/aromatic N) is 2. The molecule has 0 bridgehead atoms. The minimum Gasteiger partial charge on any atom is -0.495 e. The van der Waals surface area contributed by atoms with Gasteiger partial charge in [0.05, 0.1) is 38.6 Å². The molecule has 138 valence electrons. The highest BCUT2D eigenvalue weighted by Gasteiger charge is 2.25. The van der Waals surface area contributed by atoms with Crippen LogP contribution in [-0.4, -0.2) is 43.0 Å². The number of amides is 1. The minimum atomic E-state index is -0.357. The summed E-state index contributed by atoms with van der Waals surface area (Å²) in [6.45, 7) is 0.0688. The summed E-state index contributed by atoms with van der Waals surface area (Å²) in [4.78, 5) is 24.4. The molecule has 0 unspecified atom stereocenters. The summed E-state index contributed by atoms with van der Waals surface area (Å²) in [7, 11) is 2.90. The van der Waals surface area contributed by atoms with E-state index in [2.05, 4.69) is 10.4 Å². The molecule has 0 radical (unpaired) electrons. The molecule has 3 heterocycles. The van der Waals surface area contributed by atoms with Gasteiger partial charge < -0.3 is 23.6 Å². The van der Waals surface area contributed by atoms with Gasteiger partial charge in [0.15, 0.2) is 27.5 Å². The van der Waals surface area contributed by atoms with Crippen molar-refractivity contribution in [2.75, 3.05) is 20.8 Å². The van der Waals surface area contributed by atoms with Crippen molar-refractivity contribution < 1.29 is 23.1 Å². The van der Waals surface area contributed by atoms with E-state index in [1.165, 1.54) is 32.8 Å². The molecule has 0 spiro atoms. The maximum absolute atomic E-state index is 12.7. The summed E-state index contributed by atoms with van der Waals surface area (Å²) in [5, 5.41) is 8.69. The fourth-order valence-electron chi connectivity index (χ4n) is 2.89. The van der Waals surface area contributed by atoms with Gasteiger partial charge in [-0.05, 0) is 18.3 Å². The SMILES string of the molecule is COc1c2occc2c(OC)c2c(=O)cc(/C=N/N3C(=O)CNC3=S)oc12. The Morgan fingerprint density at radius 1 is 1.26 bits per heavy atom. The van der Waals surface area contributed by atoms with Crippen LogP contribution in [0, 0.1) is 0 Å². The highest BCUT2D eigenvalue weighted by atomic mass is 32.1. The van der Waals surface area contributed by atoms with E-state index in [0.717, 1.165) is 5.01 Å². The van der Waals surface area contributed by atoms with Gasteiger partial charge in [-0.2, -0.15) is 10.1 Å². The van der Waals surface area contributed by atoms with Gasteiger partial charge in [-0.1, -0.05) is 0 Å². The number of hydrazone groups is 1. The molecule has 10 heteroatoms. The van der Waals surface area contributed by atoms with Crippen LogP contribution >= 0.6 is 12.2 Å². The maximum atomic E-state index is 12.7. The molecule has 1 aliphatic heterocycles. The van der Waals surface area contributed by atoms with E-state index >= 15 is 0 Å². The van der Waals surface area contributed by atoms with Gasteiger partial charge in [0.2, 0.25) is 5.75 Å². The van der Waals surface area contributed by atoms with Crippen LogP contribution in [0.3, 0.4) is 0 Å². The van der Waals surface area contributed by atoms with Gasteiger partial charge in [0, 0.05) is 6.07 Å². The van der Waals surface area contributed by atoms with Gasteiger partial charge in [-0.15, -0.1) is 0 Å². The molecule has 1 aliphatic rings. The summed E-state index contributed by atoms with van der Waals surface area (Å²) in [5.74, 6) is 0.386. The number of ether oxygens (including phenoxy) is 2. The standard InChI is InChI=1S/C17H13N3O6S/c1-23-13-9-3-4-25-14(9)16(24-2)15-12(13)10(21)5-8(26-15)6-19-20-11(22)7-18-17(20)27/h3-6H,7H2,1-2H3,(H,18,27)/b19-6+. The average molecular weight is 387 g/mol. The number of furan rings is 1. The highest BCUT2D eigenvalue weighted by Crippen LogP contribution is 2.41. The zero-order valence-corrected chi connectivity index (χ0v) is 15.1. The monoisotopic (exact) mass is 387 g/mol. The first-order chi connectivity index (χ1) is 13.0. The lowest BCUT2D eigenvalue weighted by atomic mass is 10.1. The largest absolute Gasteiger partial charge is 0.495 e. The third-order valence-corrected chi connectivity index (χ3v) is 4.36. The normalized spacial score (nSPS) is 14.5. The van der Waals surface area contributed by atoms with Crippen LogP contribution in [0.5, 0.6) is 11.5 Å². The van der Waals surface area contributed by atoms with E-state index in [0.29, 0.717) is 16.7 Å². The molecule has 1 aromatic carbocycles. The molecule has 4 rings (SSSR count). The number of carbonyl (C=O) groups excluding carboxylic acids is 1. The van der Waals surface area contributed by atoms with Gasteiger partial charge in [0.1, 0.15) is 11.1 Å². The number of methoxy groups -OCH3 is 2. The molecule has 1 fully saturated rings. The number of nitrogens with one attached hydrogen (secondary N) is 1. The van der Waals surface area contributed by atoms with E-state index in [-0.39, 0.29) is 45.5 Å². The Labute approximate surface area is 157 Å². The van der Waals surface area contributed by atoms with Crippen molar-refractivity contribution >= 4 is 51.4 Å². The minimum absolute atomic E-state index is 0.0688. The smallest absolute Gasteiger partial charge is 0.268 e. The number of fused-ring (bicyclic) bond motifs is 2. The van der Waals surface area contributed by atoms with Gasteiger partial charge in [-0.25, -0.2) is 0 Å². The molecular formula is C17H13N3O6S. The topological polar surface area (TPSA) is 107 Å². The first kappa shape index (κ1) is 17.0. The number of thiocarbonyl (C=S) groups is 1. The fraction of sp³-hybridized carbons (Fsp3) is 0.176. The zero-order chi connectivity index (χ0) is 19.1. The third kappa shape index (κ3) is 2.61. The molecule has 2 aromatic heterocycles. The summed E-state index contributed by atoms with van der Waals surface area (Å²) in [6, 6.07) is 2.93. The Kier molecular flexibility index (Phi) is 4.04. The molecule has 0 saturated carbocycles. The first-order valence-corrected chi connectivity index (χ1v) is 8.19. The Morgan fingerprint density at radius 3 is 2.70 bits per heavy atom. The third-order valence-electron chi connectivity index (χ3n) is 4.04. The number of carbonyl (C=O) groups is 1. The molecule has 0 atom stereocenters. The molecule has 0 aliphatic carbocycles. The lowest BCUT2D eigenvalue weighted by Crippen LogP contribution is -2.25. The number of hydrogen-bond acceptors (Lipinski definition) is 8. The fourth-order valence-corrected chi connectivity index (χ4v) is 3.12. The van der Waals surface area contributed by atoms with Crippen LogP contribution in [0.2, 0.25) is 0 Å². The second-order valence-electron chi connectivity index (χ2n) is 5.56. The van der Waals surface area contributed by atoms with Crippen LogP contribution < -0.4 is 20.2 Å². The van der Waals surface area contributed by atoms with E-state index in [1.807, 2.05) is 0 Å². The van der Waals surface area contributed by atoms with Crippen LogP contribution in [0.1, 0.15) is 5.76 Å².